The average Bonchev–Trinajstić information content (AvgIpc) is 2.70. The van der Waals surface area contributed by atoms with Crippen molar-refractivity contribution in [2.75, 3.05) is 6.54 Å². The number of rotatable bonds is 9. The summed E-state index contributed by atoms with van der Waals surface area (Å²) in [5.41, 5.74) is 1.51. The molecule has 0 fully saturated rings. The molecule has 4 nitrogen and oxygen atoms in total. The van der Waals surface area contributed by atoms with Crippen LogP contribution < -0.4 is 5.32 Å². The molecule has 0 saturated heterocycles. The van der Waals surface area contributed by atoms with E-state index in [9.17, 15) is 9.59 Å². The second-order valence-corrected chi connectivity index (χ2v) is 8.85. The molecule has 0 heterocycles. The number of hydrogen-bond acceptors (Lipinski definition) is 2. The highest BCUT2D eigenvalue weighted by molar-refractivity contribution is 6.36. The van der Waals surface area contributed by atoms with E-state index in [0.29, 0.717) is 39.5 Å². The fourth-order valence-corrected chi connectivity index (χ4v) is 3.72. The van der Waals surface area contributed by atoms with E-state index in [1.807, 2.05) is 32.0 Å². The molecule has 2 aromatic rings. The first-order valence-corrected chi connectivity index (χ1v) is 11.1. The SMILES string of the molecule is CC(C)CNC(=O)[C@H](C)N(Cc1c(Cl)cccc1Cl)C(=O)CCc1ccccc1Cl. The van der Waals surface area contributed by atoms with Crippen LogP contribution in [0.25, 0.3) is 0 Å². The number of benzene rings is 2. The van der Waals surface area contributed by atoms with Crippen molar-refractivity contribution in [3.8, 4) is 0 Å². The summed E-state index contributed by atoms with van der Waals surface area (Å²) in [5, 5.41) is 4.43. The molecule has 0 saturated carbocycles. The number of aryl methyl sites for hydroxylation is 1. The second-order valence-electron chi connectivity index (χ2n) is 7.63. The normalized spacial score (nSPS) is 12.0. The highest BCUT2D eigenvalue weighted by Gasteiger charge is 2.27. The van der Waals surface area contributed by atoms with Gasteiger partial charge in [0.2, 0.25) is 11.8 Å². The van der Waals surface area contributed by atoms with E-state index in [2.05, 4.69) is 5.32 Å². The Morgan fingerprint density at radius 1 is 0.933 bits per heavy atom. The number of halogens is 3. The Morgan fingerprint density at radius 3 is 2.13 bits per heavy atom. The van der Waals surface area contributed by atoms with Gasteiger partial charge < -0.3 is 10.2 Å². The fourth-order valence-electron chi connectivity index (χ4n) is 2.98. The molecule has 0 aliphatic heterocycles. The molecule has 7 heteroatoms. The van der Waals surface area contributed by atoms with Gasteiger partial charge in [0.05, 0.1) is 0 Å². The molecule has 0 radical (unpaired) electrons. The van der Waals surface area contributed by atoms with E-state index >= 15 is 0 Å². The van der Waals surface area contributed by atoms with Crippen LogP contribution in [0.2, 0.25) is 15.1 Å². The highest BCUT2D eigenvalue weighted by Crippen LogP contribution is 2.27. The monoisotopic (exact) mass is 468 g/mol. The minimum absolute atomic E-state index is 0.149. The summed E-state index contributed by atoms with van der Waals surface area (Å²) >= 11 is 18.9. The minimum Gasteiger partial charge on any atom is -0.354 e. The number of hydrogen-bond donors (Lipinski definition) is 1. The van der Waals surface area contributed by atoms with E-state index in [0.717, 1.165) is 5.56 Å². The van der Waals surface area contributed by atoms with Crippen LogP contribution in [0.5, 0.6) is 0 Å². The summed E-state index contributed by atoms with van der Waals surface area (Å²) in [4.78, 5) is 27.4. The van der Waals surface area contributed by atoms with Gasteiger partial charge in [-0.2, -0.15) is 0 Å². The van der Waals surface area contributed by atoms with Gasteiger partial charge in [0.1, 0.15) is 6.04 Å². The lowest BCUT2D eigenvalue weighted by atomic mass is 10.1. The van der Waals surface area contributed by atoms with Crippen LogP contribution in [0.3, 0.4) is 0 Å². The lowest BCUT2D eigenvalue weighted by molar-refractivity contribution is -0.140. The van der Waals surface area contributed by atoms with E-state index in [-0.39, 0.29) is 24.8 Å². The molecule has 0 unspecified atom stereocenters. The van der Waals surface area contributed by atoms with Crippen LogP contribution in [0.15, 0.2) is 42.5 Å². The van der Waals surface area contributed by atoms with Gasteiger partial charge in [0, 0.05) is 40.1 Å². The van der Waals surface area contributed by atoms with Gasteiger partial charge in [0.25, 0.3) is 0 Å². The van der Waals surface area contributed by atoms with Crippen molar-refractivity contribution in [2.24, 2.45) is 5.92 Å². The molecule has 0 spiro atoms. The van der Waals surface area contributed by atoms with E-state index in [4.69, 9.17) is 34.8 Å². The first kappa shape index (κ1) is 24.5. The van der Waals surface area contributed by atoms with Crippen molar-refractivity contribution in [2.45, 2.75) is 46.2 Å². The zero-order chi connectivity index (χ0) is 22.3. The third-order valence-electron chi connectivity index (χ3n) is 4.81. The first-order valence-electron chi connectivity index (χ1n) is 9.94. The molecule has 1 N–H and O–H groups in total. The maximum Gasteiger partial charge on any atom is 0.242 e. The zero-order valence-corrected chi connectivity index (χ0v) is 19.7. The summed E-state index contributed by atoms with van der Waals surface area (Å²) < 4.78 is 0. The van der Waals surface area contributed by atoms with Crippen LogP contribution in [0.4, 0.5) is 0 Å². The van der Waals surface area contributed by atoms with Crippen LogP contribution in [0, 0.1) is 5.92 Å². The largest absolute Gasteiger partial charge is 0.354 e. The summed E-state index contributed by atoms with van der Waals surface area (Å²) in [5.74, 6) is -0.0698. The Morgan fingerprint density at radius 2 is 1.53 bits per heavy atom. The molecule has 0 bridgehead atoms. The molecule has 30 heavy (non-hydrogen) atoms. The maximum absolute atomic E-state index is 13.2. The van der Waals surface area contributed by atoms with Crippen molar-refractivity contribution < 1.29 is 9.59 Å². The van der Waals surface area contributed by atoms with Crippen LogP contribution in [-0.4, -0.2) is 29.3 Å². The number of nitrogens with one attached hydrogen (secondary N) is 1. The third-order valence-corrected chi connectivity index (χ3v) is 5.88. The van der Waals surface area contributed by atoms with Crippen molar-refractivity contribution in [1.29, 1.82) is 0 Å². The minimum atomic E-state index is -0.671. The van der Waals surface area contributed by atoms with Crippen LogP contribution in [0.1, 0.15) is 38.3 Å². The summed E-state index contributed by atoms with van der Waals surface area (Å²) in [6, 6.07) is 11.9. The maximum atomic E-state index is 13.2. The number of carbonyl (C=O) groups is 2. The predicted molar refractivity (Wildman–Crippen MR) is 124 cm³/mol. The lowest BCUT2D eigenvalue weighted by Gasteiger charge is -2.29. The quantitative estimate of drug-likeness (QED) is 0.507. The second kappa shape index (κ2) is 11.6. The van der Waals surface area contributed by atoms with E-state index in [1.54, 1.807) is 31.2 Å². The predicted octanol–water partition coefficient (Wildman–Crippen LogP) is 5.77. The van der Waals surface area contributed by atoms with Crippen molar-refractivity contribution in [3.05, 3.63) is 68.7 Å². The van der Waals surface area contributed by atoms with E-state index in [1.165, 1.54) is 4.90 Å². The molecule has 162 valence electrons. The third kappa shape index (κ3) is 6.90. The number of amides is 2. The molecule has 1 atom stereocenters. The van der Waals surface area contributed by atoms with Gasteiger partial charge in [-0.05, 0) is 43.0 Å². The van der Waals surface area contributed by atoms with E-state index < -0.39 is 6.04 Å². The van der Waals surface area contributed by atoms with Gasteiger partial charge >= 0.3 is 0 Å². The topological polar surface area (TPSA) is 49.4 Å². The lowest BCUT2D eigenvalue weighted by Crippen LogP contribution is -2.48. The van der Waals surface area contributed by atoms with Gasteiger partial charge in [-0.25, -0.2) is 0 Å². The Labute approximate surface area is 193 Å². The standard InChI is InChI=1S/C23H27Cl3N2O2/c1-15(2)13-27-23(30)16(3)28(14-18-20(25)9-6-10-21(18)26)22(29)12-11-17-7-4-5-8-19(17)24/h4-10,15-16H,11-14H2,1-3H3,(H,27,30)/t16-/m0/s1. The highest BCUT2D eigenvalue weighted by atomic mass is 35.5. The van der Waals surface area contributed by atoms with Crippen molar-refractivity contribution in [1.82, 2.24) is 10.2 Å². The van der Waals surface area contributed by atoms with Crippen molar-refractivity contribution in [3.63, 3.8) is 0 Å². The molecule has 2 amide bonds. The Hall–Kier alpha value is -1.75. The molecular weight excluding hydrogens is 443 g/mol. The molecule has 0 aliphatic carbocycles. The van der Waals surface area contributed by atoms with Gasteiger partial charge in [-0.1, -0.05) is 72.9 Å². The Balaban J connectivity index is 2.22. The molecule has 2 aromatic carbocycles. The molecule has 0 aromatic heterocycles. The number of nitrogens with zero attached hydrogens (tertiary/aromatic N) is 1. The molecular formula is C23H27Cl3N2O2. The summed E-state index contributed by atoms with van der Waals surface area (Å²) in [6.45, 7) is 6.43. The van der Waals surface area contributed by atoms with Crippen LogP contribution in [-0.2, 0) is 22.6 Å². The van der Waals surface area contributed by atoms with Gasteiger partial charge in [-0.3, -0.25) is 9.59 Å². The average molecular weight is 470 g/mol. The number of carbonyl (C=O) groups excluding carboxylic acids is 2. The molecule has 0 aliphatic rings. The first-order chi connectivity index (χ1) is 14.2. The zero-order valence-electron chi connectivity index (χ0n) is 17.4. The van der Waals surface area contributed by atoms with Gasteiger partial charge in [-0.15, -0.1) is 0 Å². The summed E-state index contributed by atoms with van der Waals surface area (Å²) in [6.07, 6.45) is 0.694. The Kier molecular flexibility index (Phi) is 9.47. The van der Waals surface area contributed by atoms with Gasteiger partial charge in [0.15, 0.2) is 0 Å². The smallest absolute Gasteiger partial charge is 0.242 e. The fraction of sp³-hybridized carbons (Fsp3) is 0.391. The summed E-state index contributed by atoms with van der Waals surface area (Å²) in [7, 11) is 0. The molecule has 2 rings (SSSR count). The van der Waals surface area contributed by atoms with Crippen LogP contribution >= 0.6 is 34.8 Å². The Bertz CT molecular complexity index is 866. The van der Waals surface area contributed by atoms with Crippen molar-refractivity contribution >= 4 is 46.6 Å².